The summed E-state index contributed by atoms with van der Waals surface area (Å²) >= 11 is 2.42. The smallest absolute Gasteiger partial charge is 0.250 e. The molecule has 0 saturated heterocycles. The van der Waals surface area contributed by atoms with Crippen LogP contribution in [0.25, 0.3) is 6.08 Å². The minimum Gasteiger partial charge on any atom is -0.325 e. The average molecular weight is 439 g/mol. The van der Waals surface area contributed by atoms with Crippen LogP contribution in [0.4, 0.5) is 10.8 Å². The maximum Gasteiger partial charge on any atom is 0.250 e. The van der Waals surface area contributed by atoms with E-state index >= 15 is 0 Å². The van der Waals surface area contributed by atoms with Crippen LogP contribution >= 0.6 is 23.1 Å². The van der Waals surface area contributed by atoms with E-state index in [2.05, 4.69) is 20.8 Å². The number of amides is 2. The number of hydrogen-bond acceptors (Lipinski definition) is 7. The molecular weight excluding hydrogens is 420 g/mol. The predicted octanol–water partition coefficient (Wildman–Crippen LogP) is 4.12. The zero-order valence-corrected chi connectivity index (χ0v) is 17.6. The van der Waals surface area contributed by atoms with Crippen molar-refractivity contribution in [2.24, 2.45) is 0 Å². The first-order valence-corrected chi connectivity index (χ1v) is 10.7. The number of ketones is 1. The molecule has 1 heterocycles. The summed E-state index contributed by atoms with van der Waals surface area (Å²) in [5, 5.41) is 13.7. The van der Waals surface area contributed by atoms with E-state index in [1.54, 1.807) is 30.3 Å². The first-order valence-electron chi connectivity index (χ1n) is 8.91. The number of carbonyl (C=O) groups is 3. The van der Waals surface area contributed by atoms with Crippen molar-refractivity contribution in [1.29, 1.82) is 0 Å². The molecule has 30 heavy (non-hydrogen) atoms. The number of hydrogen-bond donors (Lipinski definition) is 2. The van der Waals surface area contributed by atoms with E-state index in [9.17, 15) is 14.4 Å². The fraction of sp³-hybridized carbons (Fsp3) is 0.0952. The van der Waals surface area contributed by atoms with E-state index in [1.165, 1.54) is 36.1 Å². The van der Waals surface area contributed by atoms with Crippen LogP contribution in [-0.4, -0.2) is 33.5 Å². The Morgan fingerprint density at radius 2 is 1.73 bits per heavy atom. The lowest BCUT2D eigenvalue weighted by Crippen LogP contribution is -2.14. The highest BCUT2D eigenvalue weighted by atomic mass is 32.2. The molecule has 3 aromatic rings. The molecule has 3 rings (SSSR count). The van der Waals surface area contributed by atoms with E-state index in [1.807, 2.05) is 30.3 Å². The van der Waals surface area contributed by atoms with Crippen molar-refractivity contribution in [1.82, 2.24) is 10.2 Å². The Bertz CT molecular complexity index is 1060. The van der Waals surface area contributed by atoms with Gasteiger partial charge >= 0.3 is 0 Å². The summed E-state index contributed by atoms with van der Waals surface area (Å²) < 4.78 is 0.569. The van der Waals surface area contributed by atoms with E-state index in [0.29, 0.717) is 20.7 Å². The van der Waals surface area contributed by atoms with Crippen LogP contribution in [0.1, 0.15) is 22.8 Å². The maximum absolute atomic E-state index is 12.1. The molecular formula is C21H18N4O3S2. The van der Waals surface area contributed by atoms with Gasteiger partial charge in [-0.15, -0.1) is 10.2 Å². The van der Waals surface area contributed by atoms with Gasteiger partial charge in [-0.2, -0.15) is 0 Å². The lowest BCUT2D eigenvalue weighted by atomic mass is 10.1. The van der Waals surface area contributed by atoms with E-state index in [-0.39, 0.29) is 23.4 Å². The van der Waals surface area contributed by atoms with Crippen LogP contribution in [0.15, 0.2) is 65.0 Å². The molecule has 0 aliphatic carbocycles. The topological polar surface area (TPSA) is 101 Å². The van der Waals surface area contributed by atoms with Crippen LogP contribution in [0, 0.1) is 0 Å². The Balaban J connectivity index is 1.45. The quantitative estimate of drug-likeness (QED) is 0.237. The Morgan fingerprint density at radius 3 is 2.43 bits per heavy atom. The van der Waals surface area contributed by atoms with E-state index < -0.39 is 0 Å². The predicted molar refractivity (Wildman–Crippen MR) is 120 cm³/mol. The highest BCUT2D eigenvalue weighted by molar-refractivity contribution is 8.01. The summed E-state index contributed by atoms with van der Waals surface area (Å²) in [5.41, 5.74) is 2.12. The normalized spacial score (nSPS) is 10.7. The van der Waals surface area contributed by atoms with Crippen molar-refractivity contribution >= 4 is 57.6 Å². The number of Topliss-reactive ketones (excluding diaryl/α,β-unsaturated/α-hetero) is 1. The van der Waals surface area contributed by atoms with Crippen molar-refractivity contribution in [2.45, 2.75) is 11.3 Å². The Hall–Kier alpha value is -3.30. The van der Waals surface area contributed by atoms with Gasteiger partial charge in [0.25, 0.3) is 0 Å². The van der Waals surface area contributed by atoms with Gasteiger partial charge < -0.3 is 5.32 Å². The second kappa shape index (κ2) is 10.5. The first kappa shape index (κ1) is 21.4. The van der Waals surface area contributed by atoms with Gasteiger partial charge in [-0.1, -0.05) is 53.4 Å². The zero-order valence-electron chi connectivity index (χ0n) is 16.0. The molecule has 0 aliphatic rings. The van der Waals surface area contributed by atoms with Crippen LogP contribution in [0.3, 0.4) is 0 Å². The fourth-order valence-electron chi connectivity index (χ4n) is 2.31. The highest BCUT2D eigenvalue weighted by Gasteiger charge is 2.10. The van der Waals surface area contributed by atoms with Gasteiger partial charge in [-0.25, -0.2) is 0 Å². The van der Waals surface area contributed by atoms with E-state index in [4.69, 9.17) is 0 Å². The highest BCUT2D eigenvalue weighted by Crippen LogP contribution is 2.25. The van der Waals surface area contributed by atoms with Gasteiger partial charge in [0.1, 0.15) is 0 Å². The largest absolute Gasteiger partial charge is 0.325 e. The Labute approximate surface area is 181 Å². The van der Waals surface area contributed by atoms with Gasteiger partial charge in [-0.3, -0.25) is 19.7 Å². The van der Waals surface area contributed by atoms with Gasteiger partial charge in [0, 0.05) is 17.3 Å². The number of thioether (sulfide) groups is 1. The Morgan fingerprint density at radius 1 is 1.00 bits per heavy atom. The molecule has 0 fully saturated rings. The molecule has 2 amide bonds. The lowest BCUT2D eigenvalue weighted by molar-refractivity contribution is -0.114. The van der Waals surface area contributed by atoms with Crippen molar-refractivity contribution < 1.29 is 14.4 Å². The summed E-state index contributed by atoms with van der Waals surface area (Å²) in [6.07, 6.45) is 3.13. The van der Waals surface area contributed by atoms with Gasteiger partial charge in [0.2, 0.25) is 16.9 Å². The van der Waals surface area contributed by atoms with E-state index in [0.717, 1.165) is 5.56 Å². The van der Waals surface area contributed by atoms with Crippen molar-refractivity contribution in [3.8, 4) is 0 Å². The number of benzene rings is 2. The number of anilines is 2. The van der Waals surface area contributed by atoms with Crippen molar-refractivity contribution in [2.75, 3.05) is 16.4 Å². The monoisotopic (exact) mass is 438 g/mol. The summed E-state index contributed by atoms with van der Waals surface area (Å²) in [6.45, 7) is 1.49. The molecule has 7 nitrogen and oxygen atoms in total. The van der Waals surface area contributed by atoms with Crippen LogP contribution < -0.4 is 10.6 Å². The number of carbonyl (C=O) groups excluding carboxylic acids is 3. The third-order valence-electron chi connectivity index (χ3n) is 3.77. The third kappa shape index (κ3) is 6.64. The minimum absolute atomic E-state index is 0.0295. The Kier molecular flexibility index (Phi) is 7.47. The number of aromatic nitrogens is 2. The van der Waals surface area contributed by atoms with Gasteiger partial charge in [-0.05, 0) is 42.8 Å². The second-order valence-corrected chi connectivity index (χ2v) is 8.28. The molecule has 2 N–H and O–H groups in total. The van der Waals surface area contributed by atoms with Gasteiger partial charge in [0.15, 0.2) is 10.1 Å². The van der Waals surface area contributed by atoms with Crippen LogP contribution in [-0.2, 0) is 9.59 Å². The SMILES string of the molecule is CC(=O)c1ccc(NC(=O)CSc2nnc(NC(=O)/C=C/c3ccccc3)s2)cc1. The summed E-state index contributed by atoms with van der Waals surface area (Å²) in [4.78, 5) is 35.3. The van der Waals surface area contributed by atoms with Crippen LogP contribution in [0.2, 0.25) is 0 Å². The van der Waals surface area contributed by atoms with Crippen LogP contribution in [0.5, 0.6) is 0 Å². The second-order valence-electron chi connectivity index (χ2n) is 6.08. The number of nitrogens with one attached hydrogen (secondary N) is 2. The molecule has 152 valence electrons. The zero-order chi connectivity index (χ0) is 21.3. The lowest BCUT2D eigenvalue weighted by Gasteiger charge is -2.04. The molecule has 0 unspecified atom stereocenters. The first-order chi connectivity index (χ1) is 14.5. The molecule has 0 aliphatic heterocycles. The minimum atomic E-state index is -0.307. The van der Waals surface area contributed by atoms with Gasteiger partial charge in [0.05, 0.1) is 5.75 Å². The third-order valence-corrected chi connectivity index (χ3v) is 5.74. The standard InChI is InChI=1S/C21H18N4O3S2/c1-14(26)16-8-10-17(11-9-16)22-19(28)13-29-21-25-24-20(30-21)23-18(27)12-7-15-5-3-2-4-6-15/h2-12H,13H2,1H3,(H,22,28)(H,23,24,27)/b12-7+. The molecule has 0 spiro atoms. The summed E-state index contributed by atoms with van der Waals surface area (Å²) in [7, 11) is 0. The molecule has 0 radical (unpaired) electrons. The van der Waals surface area contributed by atoms with Crippen molar-refractivity contribution in [3.05, 3.63) is 71.8 Å². The number of nitrogens with zero attached hydrogens (tertiary/aromatic N) is 2. The molecule has 0 bridgehead atoms. The fourth-order valence-corrected chi connectivity index (χ4v) is 3.87. The average Bonchev–Trinajstić information content (AvgIpc) is 3.19. The molecule has 9 heteroatoms. The molecule has 0 atom stereocenters. The molecule has 0 saturated carbocycles. The number of rotatable bonds is 8. The maximum atomic E-state index is 12.1. The molecule has 1 aromatic heterocycles. The summed E-state index contributed by atoms with van der Waals surface area (Å²) in [6, 6.07) is 16.2. The molecule has 2 aromatic carbocycles. The summed E-state index contributed by atoms with van der Waals surface area (Å²) in [5.74, 6) is -0.399. The van der Waals surface area contributed by atoms with Crippen molar-refractivity contribution in [3.63, 3.8) is 0 Å².